The standard InChI is InChI=1S/C16H17FN2OS/c1-3-10(2)19-14(11-4-6-12(17)7-5-11)9-8-13(15(18)21)16(19)20/h4-10H,3H2,1-2H3,(H2,18,21). The van der Waals surface area contributed by atoms with Crippen molar-refractivity contribution in [1.82, 2.24) is 4.57 Å². The van der Waals surface area contributed by atoms with E-state index in [1.807, 2.05) is 13.8 Å². The summed E-state index contributed by atoms with van der Waals surface area (Å²) in [5.74, 6) is -0.309. The number of pyridine rings is 1. The molecule has 1 aromatic carbocycles. The van der Waals surface area contributed by atoms with Gasteiger partial charge in [0.25, 0.3) is 5.56 Å². The van der Waals surface area contributed by atoms with Gasteiger partial charge in [-0.3, -0.25) is 4.79 Å². The van der Waals surface area contributed by atoms with Crippen LogP contribution in [0, 0.1) is 5.82 Å². The lowest BCUT2D eigenvalue weighted by atomic mass is 10.1. The van der Waals surface area contributed by atoms with Crippen LogP contribution >= 0.6 is 12.2 Å². The first-order valence-electron chi connectivity index (χ1n) is 6.77. The number of rotatable bonds is 4. The number of nitrogens with two attached hydrogens (primary N) is 1. The van der Waals surface area contributed by atoms with E-state index in [-0.39, 0.29) is 22.4 Å². The fourth-order valence-corrected chi connectivity index (χ4v) is 2.37. The normalized spacial score (nSPS) is 12.1. The lowest BCUT2D eigenvalue weighted by Crippen LogP contribution is -2.31. The smallest absolute Gasteiger partial charge is 0.261 e. The lowest BCUT2D eigenvalue weighted by molar-refractivity contribution is 0.519. The summed E-state index contributed by atoms with van der Waals surface area (Å²) in [6, 6.07) is 9.49. The fraction of sp³-hybridized carbons (Fsp3) is 0.250. The second kappa shape index (κ2) is 6.18. The fourth-order valence-electron chi connectivity index (χ4n) is 2.22. The van der Waals surface area contributed by atoms with Crippen molar-refractivity contribution in [2.24, 2.45) is 5.73 Å². The van der Waals surface area contributed by atoms with Crippen molar-refractivity contribution in [2.75, 3.05) is 0 Å². The number of halogens is 1. The number of aromatic nitrogens is 1. The van der Waals surface area contributed by atoms with Gasteiger partial charge in [-0.25, -0.2) is 4.39 Å². The molecule has 0 aliphatic carbocycles. The van der Waals surface area contributed by atoms with E-state index < -0.39 is 0 Å². The van der Waals surface area contributed by atoms with E-state index in [4.69, 9.17) is 18.0 Å². The van der Waals surface area contributed by atoms with Gasteiger partial charge in [0.2, 0.25) is 0 Å². The highest BCUT2D eigenvalue weighted by Gasteiger charge is 2.15. The molecule has 5 heteroatoms. The first-order chi connectivity index (χ1) is 9.95. The zero-order valence-electron chi connectivity index (χ0n) is 12.0. The van der Waals surface area contributed by atoms with Crippen LogP contribution in [0.25, 0.3) is 11.3 Å². The van der Waals surface area contributed by atoms with Gasteiger partial charge in [0.05, 0.1) is 11.3 Å². The van der Waals surface area contributed by atoms with Gasteiger partial charge in [-0.05, 0) is 55.3 Å². The van der Waals surface area contributed by atoms with Gasteiger partial charge in [-0.15, -0.1) is 0 Å². The van der Waals surface area contributed by atoms with Crippen molar-refractivity contribution in [1.29, 1.82) is 0 Å². The van der Waals surface area contributed by atoms with Gasteiger partial charge in [-0.2, -0.15) is 0 Å². The van der Waals surface area contributed by atoms with Crippen LogP contribution in [0.4, 0.5) is 4.39 Å². The molecular weight excluding hydrogens is 287 g/mol. The first kappa shape index (κ1) is 15.4. The second-order valence-electron chi connectivity index (χ2n) is 4.94. The molecule has 1 aromatic heterocycles. The predicted molar refractivity (Wildman–Crippen MR) is 87.0 cm³/mol. The SMILES string of the molecule is CCC(C)n1c(-c2ccc(F)cc2)ccc(C(N)=S)c1=O. The second-order valence-corrected chi connectivity index (χ2v) is 5.38. The summed E-state index contributed by atoms with van der Waals surface area (Å²) in [6.45, 7) is 3.96. The molecule has 0 fully saturated rings. The molecule has 0 aliphatic heterocycles. The molecule has 3 nitrogen and oxygen atoms in total. The lowest BCUT2D eigenvalue weighted by Gasteiger charge is -2.20. The Bertz CT molecular complexity index is 722. The van der Waals surface area contributed by atoms with Crippen LogP contribution in [0.1, 0.15) is 31.9 Å². The number of nitrogens with zero attached hydrogens (tertiary/aromatic N) is 1. The first-order valence-corrected chi connectivity index (χ1v) is 7.17. The topological polar surface area (TPSA) is 48.0 Å². The van der Waals surface area contributed by atoms with Crippen LogP contribution in [0.5, 0.6) is 0 Å². The van der Waals surface area contributed by atoms with Crippen molar-refractivity contribution in [3.63, 3.8) is 0 Å². The van der Waals surface area contributed by atoms with E-state index in [9.17, 15) is 9.18 Å². The number of benzene rings is 1. The average Bonchev–Trinajstić information content (AvgIpc) is 2.46. The van der Waals surface area contributed by atoms with Gasteiger partial charge in [0, 0.05) is 6.04 Å². The van der Waals surface area contributed by atoms with Crippen LogP contribution in [0.2, 0.25) is 0 Å². The van der Waals surface area contributed by atoms with Crippen molar-refractivity contribution in [3.8, 4) is 11.3 Å². The zero-order chi connectivity index (χ0) is 15.6. The van der Waals surface area contributed by atoms with Crippen molar-refractivity contribution in [3.05, 3.63) is 58.1 Å². The van der Waals surface area contributed by atoms with E-state index in [0.29, 0.717) is 5.56 Å². The molecule has 21 heavy (non-hydrogen) atoms. The Morgan fingerprint density at radius 3 is 2.43 bits per heavy atom. The van der Waals surface area contributed by atoms with E-state index >= 15 is 0 Å². The molecular formula is C16H17FN2OS. The molecule has 0 saturated heterocycles. The Balaban J connectivity index is 2.71. The summed E-state index contributed by atoms with van der Waals surface area (Å²) in [4.78, 5) is 12.7. The molecule has 2 aromatic rings. The van der Waals surface area contributed by atoms with Crippen LogP contribution in [-0.2, 0) is 0 Å². The number of hydrogen-bond donors (Lipinski definition) is 1. The van der Waals surface area contributed by atoms with Crippen LogP contribution in [-0.4, -0.2) is 9.56 Å². The zero-order valence-corrected chi connectivity index (χ0v) is 12.8. The summed E-state index contributed by atoms with van der Waals surface area (Å²) >= 11 is 4.92. The van der Waals surface area contributed by atoms with Crippen molar-refractivity contribution in [2.45, 2.75) is 26.3 Å². The maximum atomic E-state index is 13.1. The minimum absolute atomic E-state index is 0.00754. The molecule has 1 heterocycles. The summed E-state index contributed by atoms with van der Waals surface area (Å²) in [7, 11) is 0. The third-order valence-corrected chi connectivity index (χ3v) is 3.77. The number of thiocarbonyl (C=S) groups is 1. The summed E-state index contributed by atoms with van der Waals surface area (Å²) in [5.41, 5.74) is 7.23. The summed E-state index contributed by atoms with van der Waals surface area (Å²) in [5, 5.41) is 0. The summed E-state index contributed by atoms with van der Waals surface area (Å²) in [6.07, 6.45) is 0.787. The minimum Gasteiger partial charge on any atom is -0.389 e. The quantitative estimate of drug-likeness (QED) is 0.882. The molecule has 0 radical (unpaired) electrons. The van der Waals surface area contributed by atoms with Gasteiger partial charge >= 0.3 is 0 Å². The molecule has 0 aliphatic rings. The molecule has 0 saturated carbocycles. The number of hydrogen-bond acceptors (Lipinski definition) is 2. The van der Waals surface area contributed by atoms with E-state index in [2.05, 4.69) is 0 Å². The minimum atomic E-state index is -0.309. The Morgan fingerprint density at radius 1 is 1.29 bits per heavy atom. The molecule has 0 bridgehead atoms. The van der Waals surface area contributed by atoms with Gasteiger partial charge < -0.3 is 10.3 Å². The highest BCUT2D eigenvalue weighted by molar-refractivity contribution is 7.80. The monoisotopic (exact) mass is 304 g/mol. The van der Waals surface area contributed by atoms with Crippen molar-refractivity contribution >= 4 is 17.2 Å². The molecule has 0 spiro atoms. The molecule has 0 amide bonds. The molecule has 2 rings (SSSR count). The molecule has 110 valence electrons. The van der Waals surface area contributed by atoms with Crippen molar-refractivity contribution < 1.29 is 4.39 Å². The van der Waals surface area contributed by atoms with Crippen LogP contribution in [0.15, 0.2) is 41.2 Å². The summed E-state index contributed by atoms with van der Waals surface area (Å²) < 4.78 is 14.7. The highest BCUT2D eigenvalue weighted by atomic mass is 32.1. The van der Waals surface area contributed by atoms with E-state index in [1.54, 1.807) is 28.8 Å². The Labute approximate surface area is 128 Å². The Kier molecular flexibility index (Phi) is 4.53. The molecule has 1 atom stereocenters. The third-order valence-electron chi connectivity index (χ3n) is 3.55. The third kappa shape index (κ3) is 3.03. The predicted octanol–water partition coefficient (Wildman–Crippen LogP) is 3.26. The van der Waals surface area contributed by atoms with Crippen LogP contribution < -0.4 is 11.3 Å². The Morgan fingerprint density at radius 2 is 1.90 bits per heavy atom. The van der Waals surface area contributed by atoms with Gasteiger partial charge in [-0.1, -0.05) is 19.1 Å². The van der Waals surface area contributed by atoms with E-state index in [1.165, 1.54) is 12.1 Å². The maximum absolute atomic E-state index is 13.1. The highest BCUT2D eigenvalue weighted by Crippen LogP contribution is 2.23. The van der Waals surface area contributed by atoms with Gasteiger partial charge in [0.15, 0.2) is 0 Å². The van der Waals surface area contributed by atoms with Crippen LogP contribution in [0.3, 0.4) is 0 Å². The maximum Gasteiger partial charge on any atom is 0.261 e. The molecule has 2 N–H and O–H groups in total. The largest absolute Gasteiger partial charge is 0.389 e. The van der Waals surface area contributed by atoms with Gasteiger partial charge in [0.1, 0.15) is 10.8 Å². The van der Waals surface area contributed by atoms with E-state index in [0.717, 1.165) is 17.7 Å². The average molecular weight is 304 g/mol. The molecule has 1 unspecified atom stereocenters. The Hall–Kier alpha value is -2.01.